The number of nitrogens with zero attached hydrogens (tertiary/aromatic N) is 3. The summed E-state index contributed by atoms with van der Waals surface area (Å²) in [4.78, 5) is 45.7. The van der Waals surface area contributed by atoms with Crippen molar-refractivity contribution < 1.29 is 29.5 Å². The first-order valence-electron chi connectivity index (χ1n) is 8.52. The predicted octanol–water partition coefficient (Wildman–Crippen LogP) is 1.77. The topological polar surface area (TPSA) is 141 Å². The van der Waals surface area contributed by atoms with Gasteiger partial charge in [0.15, 0.2) is 0 Å². The molecule has 0 bridgehead atoms. The quantitative estimate of drug-likeness (QED) is 0.432. The molecule has 1 aliphatic rings. The Bertz CT molecular complexity index is 848. The molecule has 10 nitrogen and oxygen atoms in total. The van der Waals surface area contributed by atoms with Crippen molar-refractivity contribution in [3.05, 3.63) is 62.3 Å². The SMILES string of the molecule is O=C(O)C(=O)O.O=C(c1cccs1)N1CCN(Cc2ccc([N+](=O)[O-])cc2)CC1. The zero-order valence-electron chi connectivity index (χ0n) is 15.3. The fourth-order valence-electron chi connectivity index (χ4n) is 2.65. The maximum Gasteiger partial charge on any atom is 0.414 e. The Morgan fingerprint density at radius 1 is 1.00 bits per heavy atom. The summed E-state index contributed by atoms with van der Waals surface area (Å²) in [7, 11) is 0. The molecule has 0 unspecified atom stereocenters. The Morgan fingerprint density at radius 2 is 1.59 bits per heavy atom. The predicted molar refractivity (Wildman–Crippen MR) is 104 cm³/mol. The first-order chi connectivity index (χ1) is 13.8. The monoisotopic (exact) mass is 421 g/mol. The number of benzene rings is 1. The van der Waals surface area contributed by atoms with Gasteiger partial charge in [0, 0.05) is 44.9 Å². The van der Waals surface area contributed by atoms with Crippen LogP contribution in [0.3, 0.4) is 0 Å². The number of carboxylic acids is 2. The molecule has 2 heterocycles. The van der Waals surface area contributed by atoms with E-state index in [1.54, 1.807) is 12.1 Å². The molecule has 0 spiro atoms. The lowest BCUT2D eigenvalue weighted by Gasteiger charge is -2.34. The van der Waals surface area contributed by atoms with E-state index in [0.29, 0.717) is 13.1 Å². The first kappa shape index (κ1) is 22.0. The van der Waals surface area contributed by atoms with Crippen LogP contribution in [0.15, 0.2) is 41.8 Å². The van der Waals surface area contributed by atoms with Gasteiger partial charge in [-0.25, -0.2) is 9.59 Å². The molecule has 154 valence electrons. The zero-order valence-corrected chi connectivity index (χ0v) is 16.1. The molecule has 1 fully saturated rings. The van der Waals surface area contributed by atoms with Crippen LogP contribution in [0.5, 0.6) is 0 Å². The van der Waals surface area contributed by atoms with Crippen molar-refractivity contribution in [2.45, 2.75) is 6.54 Å². The summed E-state index contributed by atoms with van der Waals surface area (Å²) in [6.45, 7) is 3.80. The third-order valence-corrected chi connectivity index (χ3v) is 4.99. The van der Waals surface area contributed by atoms with Crippen molar-refractivity contribution >= 4 is 34.9 Å². The van der Waals surface area contributed by atoms with E-state index in [-0.39, 0.29) is 11.6 Å². The molecular weight excluding hydrogens is 402 g/mol. The number of hydrogen-bond donors (Lipinski definition) is 2. The van der Waals surface area contributed by atoms with E-state index < -0.39 is 16.9 Å². The van der Waals surface area contributed by atoms with Gasteiger partial charge in [-0.05, 0) is 17.0 Å². The summed E-state index contributed by atoms with van der Waals surface area (Å²) in [5.74, 6) is -3.54. The number of rotatable bonds is 4. The van der Waals surface area contributed by atoms with Gasteiger partial charge in [0.2, 0.25) is 0 Å². The number of hydrogen-bond acceptors (Lipinski definition) is 7. The molecule has 1 saturated heterocycles. The van der Waals surface area contributed by atoms with Gasteiger partial charge in [0.05, 0.1) is 9.80 Å². The maximum absolute atomic E-state index is 12.3. The van der Waals surface area contributed by atoms with Crippen molar-refractivity contribution in [2.75, 3.05) is 26.2 Å². The molecule has 0 radical (unpaired) electrons. The molecule has 2 aromatic rings. The van der Waals surface area contributed by atoms with Gasteiger partial charge in [-0.15, -0.1) is 11.3 Å². The number of carboxylic acid groups (broad SMARTS) is 2. The molecule has 29 heavy (non-hydrogen) atoms. The first-order valence-corrected chi connectivity index (χ1v) is 9.40. The van der Waals surface area contributed by atoms with Crippen molar-refractivity contribution in [3.8, 4) is 0 Å². The Hall–Kier alpha value is -3.31. The average molecular weight is 421 g/mol. The van der Waals surface area contributed by atoms with Crippen LogP contribution in [-0.4, -0.2) is 69.0 Å². The zero-order chi connectivity index (χ0) is 21.4. The van der Waals surface area contributed by atoms with Crippen LogP contribution in [-0.2, 0) is 16.1 Å². The van der Waals surface area contributed by atoms with Crippen molar-refractivity contribution in [3.63, 3.8) is 0 Å². The molecule has 1 amide bonds. The number of non-ortho nitro benzene ring substituents is 1. The lowest BCUT2D eigenvalue weighted by Crippen LogP contribution is -2.48. The van der Waals surface area contributed by atoms with E-state index in [2.05, 4.69) is 4.90 Å². The van der Waals surface area contributed by atoms with Gasteiger partial charge in [0.25, 0.3) is 11.6 Å². The molecule has 1 aliphatic heterocycles. The minimum atomic E-state index is -1.82. The van der Waals surface area contributed by atoms with E-state index >= 15 is 0 Å². The Balaban J connectivity index is 0.000000438. The fraction of sp³-hybridized carbons (Fsp3) is 0.278. The van der Waals surface area contributed by atoms with Gasteiger partial charge < -0.3 is 15.1 Å². The van der Waals surface area contributed by atoms with Gasteiger partial charge in [-0.2, -0.15) is 0 Å². The van der Waals surface area contributed by atoms with Crippen molar-refractivity contribution in [1.82, 2.24) is 9.80 Å². The number of thiophene rings is 1. The van der Waals surface area contributed by atoms with Gasteiger partial charge in [-0.3, -0.25) is 19.8 Å². The molecule has 3 rings (SSSR count). The highest BCUT2D eigenvalue weighted by Gasteiger charge is 2.22. The van der Waals surface area contributed by atoms with Gasteiger partial charge in [-0.1, -0.05) is 18.2 Å². The van der Waals surface area contributed by atoms with Crippen molar-refractivity contribution in [1.29, 1.82) is 0 Å². The number of nitro benzene ring substituents is 1. The highest BCUT2D eigenvalue weighted by Crippen LogP contribution is 2.16. The summed E-state index contributed by atoms with van der Waals surface area (Å²) in [5.41, 5.74) is 1.16. The van der Waals surface area contributed by atoms with Crippen LogP contribution in [0.2, 0.25) is 0 Å². The van der Waals surface area contributed by atoms with Crippen LogP contribution in [0.4, 0.5) is 5.69 Å². The fourth-order valence-corrected chi connectivity index (χ4v) is 3.34. The number of carbonyl (C=O) groups excluding carboxylic acids is 1. The van der Waals surface area contributed by atoms with E-state index in [0.717, 1.165) is 30.1 Å². The van der Waals surface area contributed by atoms with Crippen LogP contribution in [0.1, 0.15) is 15.2 Å². The van der Waals surface area contributed by atoms with Crippen LogP contribution in [0, 0.1) is 10.1 Å². The molecule has 11 heteroatoms. The lowest BCUT2D eigenvalue weighted by molar-refractivity contribution is -0.384. The van der Waals surface area contributed by atoms with Gasteiger partial charge in [0.1, 0.15) is 0 Å². The second-order valence-corrected chi connectivity index (χ2v) is 7.03. The smallest absolute Gasteiger partial charge is 0.414 e. The summed E-state index contributed by atoms with van der Waals surface area (Å²) >= 11 is 1.47. The Kier molecular flexibility index (Phi) is 7.80. The normalized spacial score (nSPS) is 13.9. The van der Waals surface area contributed by atoms with E-state index in [1.165, 1.54) is 23.5 Å². The summed E-state index contributed by atoms with van der Waals surface area (Å²) < 4.78 is 0. The number of amides is 1. The number of nitro groups is 1. The maximum atomic E-state index is 12.3. The average Bonchev–Trinajstić information content (AvgIpc) is 3.24. The van der Waals surface area contributed by atoms with Crippen LogP contribution < -0.4 is 0 Å². The molecule has 1 aromatic heterocycles. The summed E-state index contributed by atoms with van der Waals surface area (Å²) in [6, 6.07) is 10.4. The highest BCUT2D eigenvalue weighted by molar-refractivity contribution is 7.12. The van der Waals surface area contributed by atoms with E-state index in [9.17, 15) is 14.9 Å². The summed E-state index contributed by atoms with van der Waals surface area (Å²) in [6.07, 6.45) is 0. The second-order valence-electron chi connectivity index (χ2n) is 6.08. The highest BCUT2D eigenvalue weighted by atomic mass is 32.1. The number of carbonyl (C=O) groups is 3. The molecular formula is C18H19N3O7S. The molecule has 2 N–H and O–H groups in total. The number of piperazine rings is 1. The molecule has 0 aliphatic carbocycles. The van der Waals surface area contributed by atoms with E-state index in [1.807, 2.05) is 22.4 Å². The largest absolute Gasteiger partial charge is 0.473 e. The molecule has 1 aromatic carbocycles. The van der Waals surface area contributed by atoms with Crippen molar-refractivity contribution in [2.24, 2.45) is 0 Å². The molecule has 0 atom stereocenters. The lowest BCUT2D eigenvalue weighted by atomic mass is 10.2. The molecule has 0 saturated carbocycles. The number of aliphatic carboxylic acids is 2. The third kappa shape index (κ3) is 6.66. The van der Waals surface area contributed by atoms with E-state index in [4.69, 9.17) is 19.8 Å². The summed E-state index contributed by atoms with van der Waals surface area (Å²) in [5, 5.41) is 27.4. The standard InChI is InChI=1S/C16H17N3O3S.C2H2O4/c20-16(15-2-1-11-23-15)18-9-7-17(8-10-18)12-13-3-5-14(6-4-13)19(21)22;3-1(4)2(5)6/h1-6,11H,7-10,12H2;(H,3,4)(H,5,6). The second kappa shape index (κ2) is 10.3. The minimum Gasteiger partial charge on any atom is -0.473 e. The minimum absolute atomic E-state index is 0.106. The third-order valence-electron chi connectivity index (χ3n) is 4.13. The Labute approximate surface area is 169 Å². The Morgan fingerprint density at radius 3 is 2.03 bits per heavy atom. The van der Waals surface area contributed by atoms with Crippen LogP contribution in [0.25, 0.3) is 0 Å². The van der Waals surface area contributed by atoms with Crippen LogP contribution >= 0.6 is 11.3 Å². The van der Waals surface area contributed by atoms with Gasteiger partial charge >= 0.3 is 11.9 Å².